The van der Waals surface area contributed by atoms with E-state index in [-0.39, 0.29) is 23.2 Å². The molecule has 0 bridgehead atoms. The molecular formula is C17H16BrN3O3. The zero-order valence-corrected chi connectivity index (χ0v) is 15.0. The third-order valence-electron chi connectivity index (χ3n) is 3.44. The number of furan rings is 1. The third kappa shape index (κ3) is 3.56. The lowest BCUT2D eigenvalue weighted by Gasteiger charge is -2.18. The van der Waals surface area contributed by atoms with E-state index in [2.05, 4.69) is 52.2 Å². The topological polar surface area (TPSA) is 81.2 Å². The second kappa shape index (κ2) is 6.24. The molecule has 0 aliphatic heterocycles. The predicted molar refractivity (Wildman–Crippen MR) is 92.8 cm³/mol. The fourth-order valence-electron chi connectivity index (χ4n) is 2.09. The number of rotatable bonds is 3. The van der Waals surface area contributed by atoms with Crippen LogP contribution in [0.1, 0.15) is 36.7 Å². The Labute approximate surface area is 147 Å². The van der Waals surface area contributed by atoms with Gasteiger partial charge >= 0.3 is 6.01 Å². The molecule has 3 rings (SSSR count). The van der Waals surface area contributed by atoms with E-state index in [9.17, 15) is 4.79 Å². The molecule has 3 aromatic rings. The molecule has 1 amide bonds. The van der Waals surface area contributed by atoms with Crippen LogP contribution < -0.4 is 5.32 Å². The van der Waals surface area contributed by atoms with Gasteiger partial charge in [-0.25, -0.2) is 0 Å². The summed E-state index contributed by atoms with van der Waals surface area (Å²) in [7, 11) is 0. The Hall–Kier alpha value is -2.41. The van der Waals surface area contributed by atoms with Crippen LogP contribution in [-0.4, -0.2) is 16.1 Å². The number of anilines is 1. The van der Waals surface area contributed by atoms with Crippen LogP contribution >= 0.6 is 15.9 Å². The van der Waals surface area contributed by atoms with Crippen molar-refractivity contribution in [3.8, 4) is 11.7 Å². The maximum absolute atomic E-state index is 12.3. The van der Waals surface area contributed by atoms with Gasteiger partial charge in [0.25, 0.3) is 11.8 Å². The van der Waals surface area contributed by atoms with Gasteiger partial charge in [0.15, 0.2) is 10.4 Å². The first-order chi connectivity index (χ1) is 11.3. The van der Waals surface area contributed by atoms with Crippen LogP contribution in [0.15, 0.2) is 49.9 Å². The lowest BCUT2D eigenvalue weighted by atomic mass is 9.87. The highest BCUT2D eigenvalue weighted by Gasteiger charge is 2.17. The summed E-state index contributed by atoms with van der Waals surface area (Å²) in [5, 5.41) is 10.2. The van der Waals surface area contributed by atoms with Crippen LogP contribution in [0.3, 0.4) is 0 Å². The highest BCUT2D eigenvalue weighted by molar-refractivity contribution is 9.10. The van der Waals surface area contributed by atoms with Crippen LogP contribution in [0.5, 0.6) is 0 Å². The molecule has 7 heteroatoms. The SMILES string of the molecule is CC(C)(C)c1ccc(C(=O)Nc2nnc(-c3ccc(Br)o3)o2)cc1. The van der Waals surface area contributed by atoms with Gasteiger partial charge in [-0.1, -0.05) is 38.0 Å². The maximum atomic E-state index is 12.3. The summed E-state index contributed by atoms with van der Waals surface area (Å²) >= 11 is 3.20. The van der Waals surface area contributed by atoms with Gasteiger partial charge in [0.05, 0.1) is 0 Å². The molecule has 0 saturated carbocycles. The number of hydrogen-bond donors (Lipinski definition) is 1. The maximum Gasteiger partial charge on any atom is 0.322 e. The summed E-state index contributed by atoms with van der Waals surface area (Å²) in [5.41, 5.74) is 1.71. The minimum absolute atomic E-state index is 0.0161. The molecule has 2 heterocycles. The molecular weight excluding hydrogens is 374 g/mol. The summed E-state index contributed by atoms with van der Waals surface area (Å²) in [4.78, 5) is 12.3. The highest BCUT2D eigenvalue weighted by atomic mass is 79.9. The predicted octanol–water partition coefficient (Wildman–Crippen LogP) is 4.64. The first-order valence-electron chi connectivity index (χ1n) is 7.34. The Morgan fingerprint density at radius 2 is 1.75 bits per heavy atom. The van der Waals surface area contributed by atoms with Gasteiger partial charge in [0.1, 0.15) is 0 Å². The Morgan fingerprint density at radius 1 is 1.04 bits per heavy atom. The van der Waals surface area contributed by atoms with E-state index in [1.165, 1.54) is 0 Å². The van der Waals surface area contributed by atoms with Crippen LogP contribution in [0.4, 0.5) is 6.01 Å². The second-order valence-corrected chi connectivity index (χ2v) is 7.08. The molecule has 0 radical (unpaired) electrons. The molecule has 0 unspecified atom stereocenters. The smallest absolute Gasteiger partial charge is 0.322 e. The Kier molecular flexibility index (Phi) is 4.28. The van der Waals surface area contributed by atoms with Crippen LogP contribution in [0.25, 0.3) is 11.7 Å². The molecule has 0 atom stereocenters. The fourth-order valence-corrected chi connectivity index (χ4v) is 2.40. The Morgan fingerprint density at radius 3 is 2.33 bits per heavy atom. The summed E-state index contributed by atoms with van der Waals surface area (Å²) < 4.78 is 11.3. The number of hydrogen-bond acceptors (Lipinski definition) is 5. The van der Waals surface area contributed by atoms with Gasteiger partial charge in [-0.05, 0) is 51.2 Å². The third-order valence-corrected chi connectivity index (χ3v) is 3.87. The number of nitrogens with one attached hydrogen (secondary N) is 1. The zero-order chi connectivity index (χ0) is 17.3. The van der Waals surface area contributed by atoms with Gasteiger partial charge in [0.2, 0.25) is 0 Å². The summed E-state index contributed by atoms with van der Waals surface area (Å²) in [6.45, 7) is 6.36. The van der Waals surface area contributed by atoms with Crippen molar-refractivity contribution in [1.82, 2.24) is 10.2 Å². The molecule has 24 heavy (non-hydrogen) atoms. The molecule has 0 saturated heterocycles. The summed E-state index contributed by atoms with van der Waals surface area (Å²) in [5.74, 6) is 0.301. The minimum Gasteiger partial charge on any atom is -0.444 e. The van der Waals surface area contributed by atoms with Crippen LogP contribution in [0, 0.1) is 0 Å². The molecule has 2 aromatic heterocycles. The number of amides is 1. The molecule has 0 aliphatic rings. The van der Waals surface area contributed by atoms with Gasteiger partial charge in [-0.15, -0.1) is 5.10 Å². The van der Waals surface area contributed by atoms with Crippen molar-refractivity contribution in [3.63, 3.8) is 0 Å². The first kappa shape index (κ1) is 16.4. The number of carbonyl (C=O) groups excluding carboxylic acids is 1. The van der Waals surface area contributed by atoms with Crippen molar-refractivity contribution in [2.75, 3.05) is 5.32 Å². The lowest BCUT2D eigenvalue weighted by molar-refractivity contribution is 0.102. The lowest BCUT2D eigenvalue weighted by Crippen LogP contribution is -2.14. The van der Waals surface area contributed by atoms with Crippen molar-refractivity contribution in [1.29, 1.82) is 0 Å². The fraction of sp³-hybridized carbons (Fsp3) is 0.235. The van der Waals surface area contributed by atoms with Crippen molar-refractivity contribution in [2.45, 2.75) is 26.2 Å². The molecule has 1 aromatic carbocycles. The Balaban J connectivity index is 1.72. The number of nitrogens with zero attached hydrogens (tertiary/aromatic N) is 2. The summed E-state index contributed by atoms with van der Waals surface area (Å²) in [6, 6.07) is 10.8. The Bertz CT molecular complexity index is 860. The number of benzene rings is 1. The van der Waals surface area contributed by atoms with Gasteiger partial charge in [-0.3, -0.25) is 10.1 Å². The van der Waals surface area contributed by atoms with E-state index in [0.717, 1.165) is 5.56 Å². The van der Waals surface area contributed by atoms with Crippen molar-refractivity contribution in [2.24, 2.45) is 0 Å². The largest absolute Gasteiger partial charge is 0.444 e. The second-order valence-electron chi connectivity index (χ2n) is 6.30. The van der Waals surface area contributed by atoms with Crippen molar-refractivity contribution >= 4 is 27.9 Å². The first-order valence-corrected chi connectivity index (χ1v) is 8.13. The monoisotopic (exact) mass is 389 g/mol. The van der Waals surface area contributed by atoms with E-state index < -0.39 is 0 Å². The quantitative estimate of drug-likeness (QED) is 0.705. The average molecular weight is 390 g/mol. The molecule has 0 spiro atoms. The zero-order valence-electron chi connectivity index (χ0n) is 13.5. The van der Waals surface area contributed by atoms with E-state index in [4.69, 9.17) is 8.83 Å². The average Bonchev–Trinajstić information content (AvgIpc) is 3.15. The van der Waals surface area contributed by atoms with Crippen molar-refractivity contribution < 1.29 is 13.6 Å². The molecule has 124 valence electrons. The van der Waals surface area contributed by atoms with Crippen molar-refractivity contribution in [3.05, 3.63) is 52.2 Å². The van der Waals surface area contributed by atoms with E-state index in [1.807, 2.05) is 12.1 Å². The number of carbonyl (C=O) groups is 1. The molecule has 1 N–H and O–H groups in total. The molecule has 0 fully saturated rings. The standard InChI is InChI=1S/C17H16BrN3O3/c1-17(2,3)11-6-4-10(5-7-11)14(22)19-16-21-20-15(24-16)12-8-9-13(18)23-12/h4-9H,1-3H3,(H,19,21,22). The molecule has 6 nitrogen and oxygen atoms in total. The van der Waals surface area contributed by atoms with E-state index in [1.54, 1.807) is 24.3 Å². The van der Waals surface area contributed by atoms with Crippen LogP contribution in [-0.2, 0) is 5.41 Å². The minimum atomic E-state index is -0.314. The molecule has 0 aliphatic carbocycles. The number of aromatic nitrogens is 2. The summed E-state index contributed by atoms with van der Waals surface area (Å²) in [6.07, 6.45) is 0. The number of halogens is 1. The van der Waals surface area contributed by atoms with Crippen LogP contribution in [0.2, 0.25) is 0 Å². The van der Waals surface area contributed by atoms with Gasteiger partial charge < -0.3 is 8.83 Å². The highest BCUT2D eigenvalue weighted by Crippen LogP contribution is 2.25. The van der Waals surface area contributed by atoms with E-state index in [0.29, 0.717) is 16.0 Å². The normalized spacial score (nSPS) is 11.5. The van der Waals surface area contributed by atoms with E-state index >= 15 is 0 Å². The van der Waals surface area contributed by atoms with Gasteiger partial charge in [-0.2, -0.15) is 0 Å². The van der Waals surface area contributed by atoms with Gasteiger partial charge in [0, 0.05) is 5.56 Å².